The third kappa shape index (κ3) is 7.02. The van der Waals surface area contributed by atoms with Gasteiger partial charge < -0.3 is 30.1 Å². The summed E-state index contributed by atoms with van der Waals surface area (Å²) in [6, 6.07) is 8.83. The van der Waals surface area contributed by atoms with E-state index in [1.165, 1.54) is 13.3 Å². The van der Waals surface area contributed by atoms with Crippen LogP contribution >= 0.6 is 0 Å². The lowest BCUT2D eigenvalue weighted by Crippen LogP contribution is -2.53. The molecule has 0 aliphatic carbocycles. The normalized spacial score (nSPS) is 13.8. The van der Waals surface area contributed by atoms with Crippen LogP contribution in [0, 0.1) is 0 Å². The Balaban J connectivity index is 1.76. The fourth-order valence-electron chi connectivity index (χ4n) is 4.55. The third-order valence-corrected chi connectivity index (χ3v) is 7.09. The van der Waals surface area contributed by atoms with Crippen molar-refractivity contribution in [3.63, 3.8) is 0 Å². The number of halogens is 3. The number of urea groups is 1. The zero-order valence-electron chi connectivity index (χ0n) is 25.1. The number of rotatable bonds is 11. The molecule has 2 N–H and O–H groups in total. The predicted octanol–water partition coefficient (Wildman–Crippen LogP) is 5.38. The number of nitrogens with zero attached hydrogens (tertiary/aromatic N) is 6. The largest absolute Gasteiger partial charge is 0.494 e. The molecule has 0 fully saturated rings. The van der Waals surface area contributed by atoms with E-state index in [0.717, 1.165) is 29.3 Å². The van der Waals surface area contributed by atoms with E-state index >= 15 is 0 Å². The number of carbonyl (C=O) groups is 2. The number of amides is 3. The lowest BCUT2D eigenvalue weighted by molar-refractivity contribution is -0.172. The first-order chi connectivity index (χ1) is 20.8. The van der Waals surface area contributed by atoms with E-state index < -0.39 is 24.2 Å². The van der Waals surface area contributed by atoms with Gasteiger partial charge in [0.15, 0.2) is 5.82 Å². The average Bonchev–Trinajstić information content (AvgIpc) is 2.99. The number of likely N-dealkylation sites (N-methyl/N-ethyl adjacent to an activating group) is 2. The molecule has 14 heteroatoms. The standard InChI is InChI=1S/C30H35F3N8O3/c1-7-26(42)35-22-15-23(25(44-6)16-24(22)39(5)14-13-38(3)4)36-28-34-17-20-18-40(19(2)30(31,32)33)29(43)41(27(20)37-28)21-11-9-8-10-12-21/h7-12,15-17,19H,1,13-14,18H2,2-6H3,(H,35,42)(H,34,36,37)/t19-/m0/s1. The molecule has 2 aromatic carbocycles. The predicted molar refractivity (Wildman–Crippen MR) is 164 cm³/mol. The number of para-hydroxylation sites is 1. The average molecular weight is 613 g/mol. The quantitative estimate of drug-likeness (QED) is 0.278. The number of ether oxygens (including phenoxy) is 1. The number of methoxy groups -OCH3 is 1. The van der Waals surface area contributed by atoms with Crippen LogP contribution in [0.2, 0.25) is 0 Å². The zero-order chi connectivity index (χ0) is 32.2. The molecule has 4 rings (SSSR count). The first-order valence-corrected chi connectivity index (χ1v) is 13.7. The Bertz CT molecular complexity index is 1520. The number of benzene rings is 2. The summed E-state index contributed by atoms with van der Waals surface area (Å²) >= 11 is 0. The highest BCUT2D eigenvalue weighted by molar-refractivity contribution is 6.02. The van der Waals surface area contributed by atoms with Gasteiger partial charge in [0.2, 0.25) is 11.9 Å². The van der Waals surface area contributed by atoms with Gasteiger partial charge in [-0.3, -0.25) is 4.79 Å². The van der Waals surface area contributed by atoms with Crippen molar-refractivity contribution in [3.05, 3.63) is 66.9 Å². The van der Waals surface area contributed by atoms with E-state index in [4.69, 9.17) is 4.74 Å². The molecule has 0 saturated heterocycles. The second-order valence-corrected chi connectivity index (χ2v) is 10.5. The minimum atomic E-state index is -4.63. The molecule has 3 aromatic rings. The maximum atomic E-state index is 13.7. The van der Waals surface area contributed by atoms with Crippen LogP contribution in [0.5, 0.6) is 5.75 Å². The Hall–Kier alpha value is -4.85. The number of fused-ring (bicyclic) bond motifs is 1. The lowest BCUT2D eigenvalue weighted by Gasteiger charge is -2.39. The Morgan fingerprint density at radius 1 is 1.16 bits per heavy atom. The minimum absolute atomic E-state index is 0.0582. The maximum Gasteiger partial charge on any atom is 0.408 e. The zero-order valence-corrected chi connectivity index (χ0v) is 25.1. The van der Waals surface area contributed by atoms with Crippen LogP contribution in [0.1, 0.15) is 12.5 Å². The molecule has 0 unspecified atom stereocenters. The van der Waals surface area contributed by atoms with E-state index in [0.29, 0.717) is 40.6 Å². The summed E-state index contributed by atoms with van der Waals surface area (Å²) < 4.78 is 46.7. The molecular weight excluding hydrogens is 577 g/mol. The summed E-state index contributed by atoms with van der Waals surface area (Å²) in [6.07, 6.45) is -2.08. The molecule has 234 valence electrons. The molecule has 3 amide bonds. The Labute approximate surface area is 253 Å². The SMILES string of the molecule is C=CC(=O)Nc1cc(Nc2ncc3c(n2)N(c2ccccc2)C(=O)N([C@@H](C)C(F)(F)F)C3)c(OC)cc1N(C)CCN(C)C. The van der Waals surface area contributed by atoms with E-state index in [1.807, 2.05) is 30.9 Å². The molecule has 1 aromatic heterocycles. The third-order valence-electron chi connectivity index (χ3n) is 7.09. The molecule has 1 aliphatic rings. The minimum Gasteiger partial charge on any atom is -0.494 e. The van der Waals surface area contributed by atoms with Crippen LogP contribution in [-0.2, 0) is 11.3 Å². The summed E-state index contributed by atoms with van der Waals surface area (Å²) in [5, 5.41) is 5.90. The van der Waals surface area contributed by atoms with Crippen molar-refractivity contribution in [1.82, 2.24) is 19.8 Å². The van der Waals surface area contributed by atoms with Crippen molar-refractivity contribution in [3.8, 4) is 5.75 Å². The van der Waals surface area contributed by atoms with Gasteiger partial charge in [0.05, 0.1) is 36.4 Å². The molecule has 0 bridgehead atoms. The monoisotopic (exact) mass is 612 g/mol. The van der Waals surface area contributed by atoms with Crippen molar-refractivity contribution in [2.24, 2.45) is 0 Å². The number of aromatic nitrogens is 2. The Kier molecular flexibility index (Phi) is 9.62. The topological polar surface area (TPSA) is 106 Å². The second-order valence-electron chi connectivity index (χ2n) is 10.5. The smallest absolute Gasteiger partial charge is 0.408 e. The van der Waals surface area contributed by atoms with Gasteiger partial charge in [-0.15, -0.1) is 0 Å². The molecule has 44 heavy (non-hydrogen) atoms. The van der Waals surface area contributed by atoms with Crippen LogP contribution in [-0.4, -0.2) is 85.3 Å². The van der Waals surface area contributed by atoms with Gasteiger partial charge in [0, 0.05) is 38.0 Å². The molecule has 11 nitrogen and oxygen atoms in total. The van der Waals surface area contributed by atoms with Crippen molar-refractivity contribution in [1.29, 1.82) is 0 Å². The summed E-state index contributed by atoms with van der Waals surface area (Å²) in [4.78, 5) is 40.6. The van der Waals surface area contributed by atoms with Gasteiger partial charge in [0.1, 0.15) is 11.8 Å². The second kappa shape index (κ2) is 13.2. The van der Waals surface area contributed by atoms with Gasteiger partial charge in [-0.2, -0.15) is 18.2 Å². The molecule has 1 aliphatic heterocycles. The number of hydrogen-bond donors (Lipinski definition) is 2. The highest BCUT2D eigenvalue weighted by atomic mass is 19.4. The van der Waals surface area contributed by atoms with Gasteiger partial charge >= 0.3 is 12.2 Å². The Morgan fingerprint density at radius 3 is 2.48 bits per heavy atom. The summed E-state index contributed by atoms with van der Waals surface area (Å²) in [6.45, 7) is 5.56. The maximum absolute atomic E-state index is 13.7. The highest BCUT2D eigenvalue weighted by Gasteiger charge is 2.46. The molecular formula is C30H35F3N8O3. The van der Waals surface area contributed by atoms with Gasteiger partial charge in [-0.25, -0.2) is 14.7 Å². The number of nitrogens with one attached hydrogen (secondary N) is 2. The summed E-state index contributed by atoms with van der Waals surface area (Å²) in [5.41, 5.74) is 2.24. The van der Waals surface area contributed by atoms with Gasteiger partial charge in [0.25, 0.3) is 0 Å². The van der Waals surface area contributed by atoms with Crippen LogP contribution in [0.4, 0.5) is 52.5 Å². The summed E-state index contributed by atoms with van der Waals surface area (Å²) in [7, 11) is 7.30. The number of carbonyl (C=O) groups excluding carboxylic acids is 2. The van der Waals surface area contributed by atoms with Crippen LogP contribution in [0.15, 0.2) is 61.3 Å². The fourth-order valence-corrected chi connectivity index (χ4v) is 4.55. The molecule has 0 radical (unpaired) electrons. The highest BCUT2D eigenvalue weighted by Crippen LogP contribution is 2.40. The van der Waals surface area contributed by atoms with E-state index in [-0.39, 0.29) is 18.3 Å². The molecule has 0 spiro atoms. The molecule has 1 atom stereocenters. The van der Waals surface area contributed by atoms with Crippen LogP contribution in [0.25, 0.3) is 0 Å². The molecule has 2 heterocycles. The number of hydrogen-bond acceptors (Lipinski definition) is 8. The van der Waals surface area contributed by atoms with E-state index in [1.54, 1.807) is 42.5 Å². The van der Waals surface area contributed by atoms with Gasteiger partial charge in [-0.05, 0) is 45.3 Å². The van der Waals surface area contributed by atoms with Gasteiger partial charge in [-0.1, -0.05) is 24.8 Å². The Morgan fingerprint density at radius 2 is 1.86 bits per heavy atom. The van der Waals surface area contributed by atoms with E-state index in [2.05, 4.69) is 27.2 Å². The fraction of sp³-hybridized carbons (Fsp3) is 0.333. The first kappa shape index (κ1) is 32.1. The lowest BCUT2D eigenvalue weighted by atomic mass is 10.1. The van der Waals surface area contributed by atoms with Crippen molar-refractivity contribution in [2.45, 2.75) is 25.7 Å². The van der Waals surface area contributed by atoms with Crippen molar-refractivity contribution >= 4 is 46.5 Å². The van der Waals surface area contributed by atoms with Crippen LogP contribution < -0.4 is 25.2 Å². The first-order valence-electron chi connectivity index (χ1n) is 13.7. The summed E-state index contributed by atoms with van der Waals surface area (Å²) in [5.74, 6) is 0.199. The number of anilines is 6. The van der Waals surface area contributed by atoms with Crippen molar-refractivity contribution in [2.75, 3.05) is 61.8 Å². The van der Waals surface area contributed by atoms with Crippen molar-refractivity contribution < 1.29 is 27.5 Å². The molecule has 0 saturated carbocycles. The van der Waals surface area contributed by atoms with Crippen LogP contribution in [0.3, 0.4) is 0 Å². The van der Waals surface area contributed by atoms with E-state index in [9.17, 15) is 22.8 Å². The number of alkyl halides is 3.